The summed E-state index contributed by atoms with van der Waals surface area (Å²) in [5.41, 5.74) is 0.0174. The van der Waals surface area contributed by atoms with Crippen molar-refractivity contribution in [1.29, 1.82) is 5.26 Å². The lowest BCUT2D eigenvalue weighted by Gasteiger charge is -2.13. The Bertz CT molecular complexity index is 479. The summed E-state index contributed by atoms with van der Waals surface area (Å²) in [5, 5.41) is 17.3. The molecule has 0 radical (unpaired) electrons. The maximum Gasteiger partial charge on any atom is 0.573 e. The summed E-state index contributed by atoms with van der Waals surface area (Å²) in [6, 6.07) is 6.62. The van der Waals surface area contributed by atoms with E-state index in [-0.39, 0.29) is 12.0 Å². The number of nitriles is 1. The fraction of sp³-hybridized carbons (Fsp3) is 0.273. The van der Waals surface area contributed by atoms with Crippen LogP contribution in [0.5, 0.6) is 5.75 Å². The lowest BCUT2D eigenvalue weighted by Crippen LogP contribution is -2.20. The Morgan fingerprint density at radius 2 is 2.06 bits per heavy atom. The van der Waals surface area contributed by atoms with Gasteiger partial charge in [0.1, 0.15) is 11.7 Å². The molecule has 0 aliphatic heterocycles. The topological polar surface area (TPSA) is 70.3 Å². The highest BCUT2D eigenvalue weighted by Crippen LogP contribution is 2.27. The second-order valence-electron chi connectivity index (χ2n) is 3.38. The fourth-order valence-corrected chi connectivity index (χ4v) is 1.30. The zero-order valence-electron chi connectivity index (χ0n) is 8.94. The standard InChI is InChI=1S/C11H8F3NO3/c12-11(13,14)18-9-4-2-1-3-7(9)5-8(6-15)10(16)17/h1-4,8H,5H2,(H,16,17)/t8-/m0/s1. The average Bonchev–Trinajstić information content (AvgIpc) is 2.25. The number of hydrogen-bond acceptors (Lipinski definition) is 3. The van der Waals surface area contributed by atoms with Gasteiger partial charge < -0.3 is 9.84 Å². The van der Waals surface area contributed by atoms with Crippen molar-refractivity contribution in [3.63, 3.8) is 0 Å². The monoisotopic (exact) mass is 259 g/mol. The van der Waals surface area contributed by atoms with E-state index in [0.717, 1.165) is 6.07 Å². The number of para-hydroxylation sites is 1. The first-order valence-electron chi connectivity index (χ1n) is 4.79. The van der Waals surface area contributed by atoms with Crippen LogP contribution in [0.3, 0.4) is 0 Å². The molecular formula is C11H8F3NO3. The first kappa shape index (κ1) is 13.8. The van der Waals surface area contributed by atoms with Gasteiger partial charge in [-0.05, 0) is 11.6 Å². The SMILES string of the molecule is N#C[C@H](Cc1ccccc1OC(F)(F)F)C(=O)O. The maximum atomic E-state index is 12.1. The van der Waals surface area contributed by atoms with E-state index in [0.29, 0.717) is 0 Å². The molecule has 96 valence electrons. The van der Waals surface area contributed by atoms with Crippen LogP contribution in [0, 0.1) is 17.2 Å². The third-order valence-corrected chi connectivity index (χ3v) is 2.08. The number of ether oxygens (including phenoxy) is 1. The minimum absolute atomic E-state index is 0.0174. The molecule has 18 heavy (non-hydrogen) atoms. The number of carboxylic acids is 1. The van der Waals surface area contributed by atoms with Gasteiger partial charge in [-0.15, -0.1) is 13.2 Å². The van der Waals surface area contributed by atoms with Gasteiger partial charge >= 0.3 is 12.3 Å². The van der Waals surface area contributed by atoms with E-state index >= 15 is 0 Å². The summed E-state index contributed by atoms with van der Waals surface area (Å²) >= 11 is 0. The number of halogens is 3. The van der Waals surface area contributed by atoms with Crippen LogP contribution in [0.2, 0.25) is 0 Å². The first-order valence-corrected chi connectivity index (χ1v) is 4.79. The molecule has 0 amide bonds. The van der Waals surface area contributed by atoms with Crippen LogP contribution in [-0.4, -0.2) is 17.4 Å². The highest BCUT2D eigenvalue weighted by Gasteiger charge is 2.32. The third kappa shape index (κ3) is 3.97. The van der Waals surface area contributed by atoms with Crippen molar-refractivity contribution >= 4 is 5.97 Å². The van der Waals surface area contributed by atoms with Crippen molar-refractivity contribution in [3.8, 4) is 11.8 Å². The molecule has 7 heteroatoms. The van der Waals surface area contributed by atoms with Crippen LogP contribution in [0.15, 0.2) is 24.3 Å². The predicted octanol–water partition coefficient (Wildman–Crippen LogP) is 2.35. The Balaban J connectivity index is 2.96. The molecule has 0 unspecified atom stereocenters. The Labute approximate surface area is 100 Å². The Morgan fingerprint density at radius 3 is 2.56 bits per heavy atom. The number of rotatable bonds is 4. The smallest absolute Gasteiger partial charge is 0.480 e. The number of carboxylic acid groups (broad SMARTS) is 1. The molecule has 0 aliphatic carbocycles. The molecule has 0 bridgehead atoms. The average molecular weight is 259 g/mol. The molecule has 1 N–H and O–H groups in total. The largest absolute Gasteiger partial charge is 0.573 e. The van der Waals surface area contributed by atoms with Crippen molar-refractivity contribution in [2.24, 2.45) is 5.92 Å². The van der Waals surface area contributed by atoms with Crippen LogP contribution in [0.4, 0.5) is 13.2 Å². The van der Waals surface area contributed by atoms with Crippen molar-refractivity contribution < 1.29 is 27.8 Å². The third-order valence-electron chi connectivity index (χ3n) is 2.08. The molecule has 0 aromatic heterocycles. The second kappa shape index (κ2) is 5.40. The molecule has 0 saturated heterocycles. The number of benzene rings is 1. The maximum absolute atomic E-state index is 12.1. The van der Waals surface area contributed by atoms with E-state index in [1.807, 2.05) is 0 Å². The Morgan fingerprint density at radius 1 is 1.44 bits per heavy atom. The molecule has 4 nitrogen and oxygen atoms in total. The lowest BCUT2D eigenvalue weighted by molar-refractivity contribution is -0.274. The Kier molecular flexibility index (Phi) is 4.15. The van der Waals surface area contributed by atoms with Gasteiger partial charge in [-0.1, -0.05) is 18.2 Å². The normalized spacial score (nSPS) is 12.6. The van der Waals surface area contributed by atoms with Crippen molar-refractivity contribution in [2.45, 2.75) is 12.8 Å². The highest BCUT2D eigenvalue weighted by atomic mass is 19.4. The van der Waals surface area contributed by atoms with Gasteiger partial charge in [0.2, 0.25) is 0 Å². The van der Waals surface area contributed by atoms with Gasteiger partial charge in [-0.25, -0.2) is 0 Å². The molecular weight excluding hydrogens is 251 g/mol. The number of nitrogens with zero attached hydrogens (tertiary/aromatic N) is 1. The molecule has 1 aromatic rings. The van der Waals surface area contributed by atoms with Gasteiger partial charge in [0, 0.05) is 6.42 Å². The first-order chi connectivity index (χ1) is 8.33. The predicted molar refractivity (Wildman–Crippen MR) is 53.6 cm³/mol. The summed E-state index contributed by atoms with van der Waals surface area (Å²) < 4.78 is 40.0. The van der Waals surface area contributed by atoms with Gasteiger partial charge in [0.15, 0.2) is 0 Å². The molecule has 0 spiro atoms. The van der Waals surface area contributed by atoms with E-state index in [2.05, 4.69) is 4.74 Å². The van der Waals surface area contributed by atoms with Crippen molar-refractivity contribution in [3.05, 3.63) is 29.8 Å². The second-order valence-corrected chi connectivity index (χ2v) is 3.38. The van der Waals surface area contributed by atoms with Gasteiger partial charge in [0.25, 0.3) is 0 Å². The summed E-state index contributed by atoms with van der Waals surface area (Å²) in [4.78, 5) is 10.6. The lowest BCUT2D eigenvalue weighted by atomic mass is 10.0. The summed E-state index contributed by atoms with van der Waals surface area (Å²) in [7, 11) is 0. The molecule has 1 aromatic carbocycles. The van der Waals surface area contributed by atoms with Crippen molar-refractivity contribution in [1.82, 2.24) is 0 Å². The molecule has 0 saturated carbocycles. The van der Waals surface area contributed by atoms with Crippen LogP contribution < -0.4 is 4.74 Å². The minimum Gasteiger partial charge on any atom is -0.480 e. The number of hydrogen-bond donors (Lipinski definition) is 1. The van der Waals surface area contributed by atoms with Crippen LogP contribution in [0.25, 0.3) is 0 Å². The van der Waals surface area contributed by atoms with E-state index in [9.17, 15) is 18.0 Å². The van der Waals surface area contributed by atoms with Gasteiger partial charge in [-0.3, -0.25) is 4.79 Å². The van der Waals surface area contributed by atoms with Gasteiger partial charge in [0.05, 0.1) is 6.07 Å². The molecule has 1 atom stereocenters. The summed E-state index contributed by atoms with van der Waals surface area (Å²) in [6.45, 7) is 0. The summed E-state index contributed by atoms with van der Waals surface area (Å²) in [6.07, 6.45) is -5.21. The van der Waals surface area contributed by atoms with E-state index < -0.39 is 24.0 Å². The van der Waals surface area contributed by atoms with E-state index in [1.54, 1.807) is 0 Å². The fourth-order valence-electron chi connectivity index (χ4n) is 1.30. The van der Waals surface area contributed by atoms with E-state index in [1.165, 1.54) is 24.3 Å². The zero-order valence-corrected chi connectivity index (χ0v) is 8.94. The van der Waals surface area contributed by atoms with Crippen LogP contribution in [0.1, 0.15) is 5.56 Å². The summed E-state index contributed by atoms with van der Waals surface area (Å²) in [5.74, 6) is -3.30. The molecule has 0 fully saturated rings. The molecule has 0 heterocycles. The van der Waals surface area contributed by atoms with E-state index in [4.69, 9.17) is 10.4 Å². The quantitative estimate of drug-likeness (QED) is 0.900. The number of carbonyl (C=O) groups is 1. The van der Waals surface area contributed by atoms with Crippen LogP contribution >= 0.6 is 0 Å². The molecule has 1 rings (SSSR count). The Hall–Kier alpha value is -2.23. The van der Waals surface area contributed by atoms with Crippen LogP contribution in [-0.2, 0) is 11.2 Å². The number of alkyl halides is 3. The minimum atomic E-state index is -4.86. The zero-order chi connectivity index (χ0) is 13.8. The molecule has 0 aliphatic rings. The highest BCUT2D eigenvalue weighted by molar-refractivity contribution is 5.73. The van der Waals surface area contributed by atoms with Crippen molar-refractivity contribution in [2.75, 3.05) is 0 Å². The van der Waals surface area contributed by atoms with Gasteiger partial charge in [-0.2, -0.15) is 5.26 Å². The number of aliphatic carboxylic acids is 1.